The zero-order valence-electron chi connectivity index (χ0n) is 26.6. The van der Waals surface area contributed by atoms with E-state index in [-0.39, 0.29) is 29.1 Å². The SMILES string of the molecule is COc1cccc(CN(C(=O)CN(c2ccc(OC)c(OC)c2)S(=O)(=O)c2ccc(C)cc2)[C@H](C)C(=O)NC2CCCCC2)c1. The molecule has 0 spiro atoms. The van der Waals surface area contributed by atoms with Gasteiger partial charge in [-0.25, -0.2) is 8.42 Å². The molecule has 242 valence electrons. The largest absolute Gasteiger partial charge is 0.497 e. The van der Waals surface area contributed by atoms with Crippen molar-refractivity contribution in [3.8, 4) is 17.2 Å². The number of ether oxygens (including phenoxy) is 3. The van der Waals surface area contributed by atoms with Crippen molar-refractivity contribution in [2.24, 2.45) is 0 Å². The Morgan fingerprint density at radius 1 is 0.889 bits per heavy atom. The molecule has 45 heavy (non-hydrogen) atoms. The van der Waals surface area contributed by atoms with E-state index in [2.05, 4.69) is 5.32 Å². The molecule has 1 saturated carbocycles. The third-order valence-electron chi connectivity index (χ3n) is 8.15. The highest BCUT2D eigenvalue weighted by Gasteiger charge is 2.33. The Kier molecular flexibility index (Phi) is 11.3. The minimum absolute atomic E-state index is 0.0260. The molecule has 0 bridgehead atoms. The first-order chi connectivity index (χ1) is 21.6. The molecule has 0 saturated heterocycles. The van der Waals surface area contributed by atoms with Gasteiger partial charge in [-0.2, -0.15) is 0 Å². The smallest absolute Gasteiger partial charge is 0.264 e. The van der Waals surface area contributed by atoms with Crippen molar-refractivity contribution in [3.05, 3.63) is 77.9 Å². The van der Waals surface area contributed by atoms with Gasteiger partial charge in [-0.05, 0) is 68.7 Å². The summed E-state index contributed by atoms with van der Waals surface area (Å²) in [5, 5.41) is 3.12. The minimum Gasteiger partial charge on any atom is -0.497 e. The summed E-state index contributed by atoms with van der Waals surface area (Å²) in [6, 6.07) is 17.5. The van der Waals surface area contributed by atoms with E-state index in [1.165, 1.54) is 37.3 Å². The van der Waals surface area contributed by atoms with Crippen molar-refractivity contribution >= 4 is 27.5 Å². The number of sulfonamides is 1. The minimum atomic E-state index is -4.23. The first-order valence-electron chi connectivity index (χ1n) is 15.1. The number of nitrogens with zero attached hydrogens (tertiary/aromatic N) is 2. The molecule has 10 nitrogen and oxygen atoms in total. The maximum absolute atomic E-state index is 14.3. The third-order valence-corrected chi connectivity index (χ3v) is 9.94. The molecule has 3 aromatic rings. The molecule has 2 amide bonds. The predicted octanol–water partition coefficient (Wildman–Crippen LogP) is 5.08. The monoisotopic (exact) mass is 637 g/mol. The van der Waals surface area contributed by atoms with Crippen LogP contribution in [0.3, 0.4) is 0 Å². The van der Waals surface area contributed by atoms with Crippen LogP contribution >= 0.6 is 0 Å². The first kappa shape index (κ1) is 33.6. The highest BCUT2D eigenvalue weighted by molar-refractivity contribution is 7.92. The van der Waals surface area contributed by atoms with Gasteiger partial charge in [0.1, 0.15) is 18.3 Å². The second kappa shape index (κ2) is 15.2. The van der Waals surface area contributed by atoms with E-state index in [4.69, 9.17) is 14.2 Å². The van der Waals surface area contributed by atoms with Gasteiger partial charge in [-0.15, -0.1) is 0 Å². The van der Waals surface area contributed by atoms with Gasteiger partial charge in [0.05, 0.1) is 31.9 Å². The molecule has 11 heteroatoms. The number of carbonyl (C=O) groups is 2. The molecule has 3 aromatic carbocycles. The summed E-state index contributed by atoms with van der Waals surface area (Å²) in [7, 11) is 0.264. The van der Waals surface area contributed by atoms with Gasteiger partial charge in [0.25, 0.3) is 10.0 Å². The summed E-state index contributed by atoms with van der Waals surface area (Å²) < 4.78 is 45.5. The number of methoxy groups -OCH3 is 3. The summed E-state index contributed by atoms with van der Waals surface area (Å²) in [5.74, 6) is 0.493. The van der Waals surface area contributed by atoms with E-state index in [0.29, 0.717) is 17.2 Å². The van der Waals surface area contributed by atoms with Crippen molar-refractivity contribution in [3.63, 3.8) is 0 Å². The van der Waals surface area contributed by atoms with Gasteiger partial charge < -0.3 is 24.4 Å². The van der Waals surface area contributed by atoms with E-state index in [9.17, 15) is 18.0 Å². The second-order valence-electron chi connectivity index (χ2n) is 11.3. The van der Waals surface area contributed by atoms with Crippen molar-refractivity contribution in [2.45, 2.75) is 69.5 Å². The van der Waals surface area contributed by atoms with Crippen LogP contribution in [-0.2, 0) is 26.2 Å². The Morgan fingerprint density at radius 3 is 2.22 bits per heavy atom. The van der Waals surface area contributed by atoms with Gasteiger partial charge in [0.2, 0.25) is 11.8 Å². The average Bonchev–Trinajstić information content (AvgIpc) is 3.06. The number of benzene rings is 3. The molecule has 1 N–H and O–H groups in total. The fourth-order valence-corrected chi connectivity index (χ4v) is 6.87. The molecule has 4 rings (SSSR count). The van der Waals surface area contributed by atoms with Crippen molar-refractivity contribution in [1.82, 2.24) is 10.2 Å². The van der Waals surface area contributed by atoms with Crippen LogP contribution in [0.1, 0.15) is 50.2 Å². The Labute approximate surface area is 266 Å². The van der Waals surface area contributed by atoms with Gasteiger partial charge >= 0.3 is 0 Å². The number of nitrogens with one attached hydrogen (secondary N) is 1. The van der Waals surface area contributed by atoms with Crippen molar-refractivity contribution in [2.75, 3.05) is 32.2 Å². The molecular weight excluding hydrogens is 594 g/mol. The Morgan fingerprint density at radius 2 is 1.58 bits per heavy atom. The lowest BCUT2D eigenvalue weighted by atomic mass is 9.95. The van der Waals surface area contributed by atoms with Crippen molar-refractivity contribution in [1.29, 1.82) is 0 Å². The normalized spacial score (nSPS) is 14.2. The second-order valence-corrected chi connectivity index (χ2v) is 13.1. The summed E-state index contributed by atoms with van der Waals surface area (Å²) in [6.45, 7) is 3.05. The number of anilines is 1. The van der Waals surface area contributed by atoms with Crippen LogP contribution in [0.4, 0.5) is 5.69 Å². The highest BCUT2D eigenvalue weighted by atomic mass is 32.2. The summed E-state index contributed by atoms with van der Waals surface area (Å²) in [4.78, 5) is 29.3. The van der Waals surface area contributed by atoms with Crippen LogP contribution < -0.4 is 23.8 Å². The standard InChI is InChI=1S/C34H43N3O7S/c1-24-14-17-30(18-15-24)45(40,41)37(28-16-19-31(43-4)32(21-28)44-5)23-33(38)36(22-26-10-9-13-29(20-26)42-3)25(2)34(39)35-27-11-7-6-8-12-27/h9-10,13-21,25,27H,6-8,11-12,22-23H2,1-5H3,(H,35,39)/t25-/m1/s1. The van der Waals surface area contributed by atoms with Crippen LogP contribution in [0.25, 0.3) is 0 Å². The Bertz CT molecular complexity index is 1570. The Hall–Kier alpha value is -4.25. The van der Waals surface area contributed by atoms with E-state index >= 15 is 0 Å². The molecule has 1 aliphatic rings. The predicted molar refractivity (Wildman–Crippen MR) is 173 cm³/mol. The molecule has 0 aliphatic heterocycles. The first-order valence-corrected chi connectivity index (χ1v) is 16.6. The number of amides is 2. The van der Waals surface area contributed by atoms with Gasteiger partial charge in [0, 0.05) is 18.7 Å². The van der Waals surface area contributed by atoms with E-state index in [1.807, 2.05) is 13.0 Å². The number of hydrogen-bond acceptors (Lipinski definition) is 7. The van der Waals surface area contributed by atoms with Gasteiger partial charge in [0.15, 0.2) is 11.5 Å². The lowest BCUT2D eigenvalue weighted by Gasteiger charge is -2.33. The lowest BCUT2D eigenvalue weighted by Crippen LogP contribution is -2.53. The molecule has 1 aliphatic carbocycles. The quantitative estimate of drug-likeness (QED) is 0.278. The summed E-state index contributed by atoms with van der Waals surface area (Å²) in [5.41, 5.74) is 1.84. The highest BCUT2D eigenvalue weighted by Crippen LogP contribution is 2.34. The zero-order chi connectivity index (χ0) is 32.6. The molecule has 0 unspecified atom stereocenters. The molecule has 0 aromatic heterocycles. The lowest BCUT2D eigenvalue weighted by molar-refractivity contribution is -0.139. The zero-order valence-corrected chi connectivity index (χ0v) is 27.4. The number of rotatable bonds is 13. The van der Waals surface area contributed by atoms with E-state index < -0.39 is 28.5 Å². The van der Waals surface area contributed by atoms with Crippen molar-refractivity contribution < 1.29 is 32.2 Å². The molecule has 1 atom stereocenters. The van der Waals surface area contributed by atoms with Gasteiger partial charge in [-0.3, -0.25) is 13.9 Å². The number of carbonyl (C=O) groups excluding carboxylic acids is 2. The third kappa shape index (κ3) is 8.27. The van der Waals surface area contributed by atoms with Crippen LogP contribution in [0.5, 0.6) is 17.2 Å². The molecule has 0 heterocycles. The molecule has 1 fully saturated rings. The average molecular weight is 638 g/mol. The summed E-state index contributed by atoms with van der Waals surface area (Å²) in [6.07, 6.45) is 5.02. The van der Waals surface area contributed by atoms with Crippen LogP contribution in [0.2, 0.25) is 0 Å². The fraction of sp³-hybridized carbons (Fsp3) is 0.412. The topological polar surface area (TPSA) is 114 Å². The van der Waals surface area contributed by atoms with Crippen LogP contribution in [0, 0.1) is 6.92 Å². The maximum Gasteiger partial charge on any atom is 0.264 e. The maximum atomic E-state index is 14.3. The van der Waals surface area contributed by atoms with Crippen LogP contribution in [-0.4, -0.2) is 65.1 Å². The van der Waals surface area contributed by atoms with E-state index in [1.54, 1.807) is 56.5 Å². The fourth-order valence-electron chi connectivity index (χ4n) is 5.47. The molecular formula is C34H43N3O7S. The number of aryl methyl sites for hydroxylation is 1. The van der Waals surface area contributed by atoms with Gasteiger partial charge in [-0.1, -0.05) is 49.1 Å². The van der Waals surface area contributed by atoms with Crippen LogP contribution in [0.15, 0.2) is 71.6 Å². The Balaban J connectivity index is 1.73. The summed E-state index contributed by atoms with van der Waals surface area (Å²) >= 11 is 0. The van der Waals surface area contributed by atoms with E-state index in [0.717, 1.165) is 47.5 Å². The number of hydrogen-bond donors (Lipinski definition) is 1. The molecule has 0 radical (unpaired) electrons.